The Labute approximate surface area is 227 Å². The number of allylic oxidation sites excluding steroid dienone is 4. The summed E-state index contributed by atoms with van der Waals surface area (Å²) in [4.78, 5) is 11.4. The average molecular weight is 568 g/mol. The molecular weight excluding hydrogens is 532 g/mol. The van der Waals surface area contributed by atoms with Crippen molar-refractivity contribution in [1.82, 2.24) is 10.2 Å². The van der Waals surface area contributed by atoms with Crippen LogP contribution in [0.1, 0.15) is 37.8 Å². The van der Waals surface area contributed by atoms with Gasteiger partial charge < -0.3 is 19.9 Å². The highest BCUT2D eigenvalue weighted by atomic mass is 79.9. The number of rotatable bonds is 9. The van der Waals surface area contributed by atoms with Crippen molar-refractivity contribution in [2.24, 2.45) is 15.9 Å². The van der Waals surface area contributed by atoms with E-state index < -0.39 is 0 Å². The summed E-state index contributed by atoms with van der Waals surface area (Å²) in [6.07, 6.45) is 6.09. The maximum atomic E-state index is 10.5. The molecule has 8 heteroatoms. The molecule has 2 aromatic carbocycles. The molecule has 2 aliphatic heterocycles. The Hall–Kier alpha value is -3.10. The molecule has 2 aliphatic rings. The smallest absolute Gasteiger partial charge is 0.231 e. The molecule has 1 unspecified atom stereocenters. The number of phenolic OH excluding ortho intramolecular Hbond substituents is 1. The number of benzene rings is 2. The second-order valence-corrected chi connectivity index (χ2v) is 10.3. The van der Waals surface area contributed by atoms with Crippen LogP contribution >= 0.6 is 15.9 Å². The summed E-state index contributed by atoms with van der Waals surface area (Å²) < 4.78 is 11.8. The van der Waals surface area contributed by atoms with Crippen molar-refractivity contribution in [3.63, 3.8) is 0 Å². The molecule has 2 N–H and O–H groups in total. The number of piperidine rings is 1. The molecule has 1 fully saturated rings. The number of halogens is 1. The van der Waals surface area contributed by atoms with Crippen LogP contribution in [0.5, 0.6) is 17.2 Å². The number of likely N-dealkylation sites (tertiary alicyclic amines) is 1. The van der Waals surface area contributed by atoms with Crippen molar-refractivity contribution < 1.29 is 14.6 Å². The number of aromatic hydroxyl groups is 1. The predicted molar refractivity (Wildman–Crippen MR) is 153 cm³/mol. The van der Waals surface area contributed by atoms with E-state index in [1.54, 1.807) is 19.3 Å². The van der Waals surface area contributed by atoms with Crippen LogP contribution in [0.4, 0.5) is 0 Å². The van der Waals surface area contributed by atoms with Crippen LogP contribution in [0.2, 0.25) is 0 Å². The van der Waals surface area contributed by atoms with Gasteiger partial charge in [0.2, 0.25) is 6.79 Å². The number of nitrogens with zero attached hydrogens (tertiary/aromatic N) is 3. The van der Waals surface area contributed by atoms with Gasteiger partial charge in [-0.15, -0.1) is 0 Å². The van der Waals surface area contributed by atoms with Gasteiger partial charge in [-0.1, -0.05) is 18.2 Å². The molecule has 0 saturated carbocycles. The van der Waals surface area contributed by atoms with Gasteiger partial charge in [-0.25, -0.2) is 0 Å². The topological polar surface area (TPSA) is 78.7 Å². The van der Waals surface area contributed by atoms with Crippen LogP contribution < -0.4 is 14.8 Å². The lowest BCUT2D eigenvalue weighted by molar-refractivity contribution is 0.166. The summed E-state index contributed by atoms with van der Waals surface area (Å²) in [5.41, 5.74) is 4.40. The number of ether oxygens (including phenoxy) is 2. The number of phenols is 1. The van der Waals surface area contributed by atoms with Crippen molar-refractivity contribution in [1.29, 1.82) is 0 Å². The zero-order valence-corrected chi connectivity index (χ0v) is 23.3. The number of para-hydroxylation sites is 1. The molecule has 0 spiro atoms. The van der Waals surface area contributed by atoms with Gasteiger partial charge in [-0.2, -0.15) is 0 Å². The molecule has 0 bridgehead atoms. The highest BCUT2D eigenvalue weighted by molar-refractivity contribution is 9.12. The van der Waals surface area contributed by atoms with Gasteiger partial charge in [0.15, 0.2) is 11.5 Å². The van der Waals surface area contributed by atoms with E-state index in [4.69, 9.17) is 14.5 Å². The summed E-state index contributed by atoms with van der Waals surface area (Å²) in [6.45, 7) is 8.21. The maximum absolute atomic E-state index is 10.5. The van der Waals surface area contributed by atoms with Crippen LogP contribution in [0.25, 0.3) is 0 Å². The van der Waals surface area contributed by atoms with Crippen LogP contribution in [0.3, 0.4) is 0 Å². The normalized spacial score (nSPS) is 19.3. The van der Waals surface area contributed by atoms with Crippen molar-refractivity contribution in [3.05, 3.63) is 75.5 Å². The molecule has 0 aromatic heterocycles. The minimum Gasteiger partial charge on any atom is -0.507 e. The van der Waals surface area contributed by atoms with E-state index in [-0.39, 0.29) is 5.75 Å². The maximum Gasteiger partial charge on any atom is 0.231 e. The van der Waals surface area contributed by atoms with Gasteiger partial charge in [0.1, 0.15) is 5.75 Å². The minimum atomic E-state index is 0.199. The van der Waals surface area contributed by atoms with Gasteiger partial charge in [0.05, 0.1) is 15.9 Å². The third-order valence-corrected chi connectivity index (χ3v) is 7.30. The lowest BCUT2D eigenvalue weighted by atomic mass is 9.97. The molecular formula is C29H35BrN4O3. The van der Waals surface area contributed by atoms with Crippen molar-refractivity contribution in [3.8, 4) is 17.2 Å². The average Bonchev–Trinajstić information content (AvgIpc) is 3.36. The highest BCUT2D eigenvalue weighted by Crippen LogP contribution is 2.33. The van der Waals surface area contributed by atoms with E-state index in [2.05, 4.69) is 43.3 Å². The number of hydrogen-bond donors (Lipinski definition) is 2. The Balaban J connectivity index is 1.41. The molecule has 0 aliphatic carbocycles. The lowest BCUT2D eigenvalue weighted by Gasteiger charge is -2.33. The lowest BCUT2D eigenvalue weighted by Crippen LogP contribution is -2.39. The first kappa shape index (κ1) is 26.9. The fraction of sp³-hybridized carbons (Fsp3) is 0.379. The largest absolute Gasteiger partial charge is 0.507 e. The molecule has 37 heavy (non-hydrogen) atoms. The highest BCUT2D eigenvalue weighted by Gasteiger charge is 2.21. The third-order valence-electron chi connectivity index (χ3n) is 6.53. The Morgan fingerprint density at radius 2 is 2.00 bits per heavy atom. The van der Waals surface area contributed by atoms with Crippen LogP contribution in [0.15, 0.2) is 74.4 Å². The summed E-state index contributed by atoms with van der Waals surface area (Å²) in [5.74, 6) is 2.42. The fourth-order valence-electron chi connectivity index (χ4n) is 4.62. The molecule has 7 nitrogen and oxygen atoms in total. The third kappa shape index (κ3) is 7.46. The standard InChI is InChI=1S/C29H35BrN4O3/c1-20(13-26(24-8-4-5-9-27(24)35)33-21(2)25(30)16-31-3)32-15-23-7-6-12-34(18-23)17-22-10-11-28-29(14-22)37-19-36-28/h4-5,8-11,13-14,16,23,32,35H,6-7,12,15,17-19H2,1-3H3/b20-13+,25-21-,31-16?,33-26+. The quantitative estimate of drug-likeness (QED) is 0.384. The van der Waals surface area contributed by atoms with E-state index in [0.29, 0.717) is 24.0 Å². The molecule has 4 rings (SSSR count). The number of aliphatic imine (C=N–C) groups is 2. The van der Waals surface area contributed by atoms with E-state index in [1.165, 1.54) is 18.4 Å². The fourth-order valence-corrected chi connectivity index (χ4v) is 4.92. The number of fused-ring (bicyclic) bond motifs is 1. The van der Waals surface area contributed by atoms with E-state index >= 15 is 0 Å². The summed E-state index contributed by atoms with van der Waals surface area (Å²) in [7, 11) is 1.72. The Kier molecular flexibility index (Phi) is 9.41. The molecule has 1 saturated heterocycles. The van der Waals surface area contributed by atoms with Crippen LogP contribution in [0, 0.1) is 5.92 Å². The first-order valence-electron chi connectivity index (χ1n) is 12.6. The molecule has 0 amide bonds. The van der Waals surface area contributed by atoms with E-state index in [9.17, 15) is 5.11 Å². The molecule has 0 radical (unpaired) electrons. The van der Waals surface area contributed by atoms with E-state index in [0.717, 1.165) is 53.6 Å². The minimum absolute atomic E-state index is 0.199. The number of nitrogens with one attached hydrogen (secondary N) is 1. The zero-order chi connectivity index (χ0) is 26.2. The molecule has 1 atom stereocenters. The van der Waals surface area contributed by atoms with Gasteiger partial charge in [-0.3, -0.25) is 14.9 Å². The van der Waals surface area contributed by atoms with Crippen molar-refractivity contribution in [2.45, 2.75) is 33.2 Å². The van der Waals surface area contributed by atoms with Gasteiger partial charge in [0, 0.05) is 44.2 Å². The predicted octanol–water partition coefficient (Wildman–Crippen LogP) is 5.64. The zero-order valence-electron chi connectivity index (χ0n) is 21.7. The second-order valence-electron chi connectivity index (χ2n) is 9.47. The SMILES string of the molecule is CN=C/C(Br)=C(C)/N=C(\C=C(/C)NCC1CCCN(Cc2ccc3c(c2)OCO3)C1)c1ccccc1O. The monoisotopic (exact) mass is 566 g/mol. The van der Waals surface area contributed by atoms with E-state index in [1.807, 2.05) is 44.2 Å². The molecule has 196 valence electrons. The summed E-state index contributed by atoms with van der Waals surface area (Å²) in [5, 5.41) is 14.1. The Bertz CT molecular complexity index is 1220. The van der Waals surface area contributed by atoms with Gasteiger partial charge in [0.25, 0.3) is 0 Å². The van der Waals surface area contributed by atoms with Crippen molar-refractivity contribution >= 4 is 27.9 Å². The van der Waals surface area contributed by atoms with Crippen LogP contribution in [-0.4, -0.2) is 55.4 Å². The first-order chi connectivity index (χ1) is 17.9. The Morgan fingerprint density at radius 1 is 1.19 bits per heavy atom. The second kappa shape index (κ2) is 12.9. The number of hydrogen-bond acceptors (Lipinski definition) is 7. The summed E-state index contributed by atoms with van der Waals surface area (Å²) in [6, 6.07) is 13.5. The van der Waals surface area contributed by atoms with Crippen molar-refractivity contribution in [2.75, 3.05) is 33.5 Å². The summed E-state index contributed by atoms with van der Waals surface area (Å²) >= 11 is 3.52. The van der Waals surface area contributed by atoms with Gasteiger partial charge >= 0.3 is 0 Å². The Morgan fingerprint density at radius 3 is 2.81 bits per heavy atom. The first-order valence-corrected chi connectivity index (χ1v) is 13.4. The van der Waals surface area contributed by atoms with Gasteiger partial charge in [-0.05, 0) is 91.0 Å². The molecule has 2 aromatic rings. The van der Waals surface area contributed by atoms with Crippen LogP contribution in [-0.2, 0) is 6.54 Å². The molecule has 2 heterocycles.